The second kappa shape index (κ2) is 14.8. The van der Waals surface area contributed by atoms with Crippen molar-refractivity contribution in [2.75, 3.05) is 19.0 Å². The summed E-state index contributed by atoms with van der Waals surface area (Å²) in [6.45, 7) is 6.02. The Morgan fingerprint density at radius 3 is 2.44 bits per heavy atom. The van der Waals surface area contributed by atoms with Crippen molar-refractivity contribution < 1.29 is 45.8 Å². The number of rotatable bonds is 14. The van der Waals surface area contributed by atoms with Crippen LogP contribution in [0.1, 0.15) is 46.5 Å². The number of hydrogen-bond acceptors (Lipinski definition) is 11. The molecule has 0 unspecified atom stereocenters. The summed E-state index contributed by atoms with van der Waals surface area (Å²) in [5.41, 5.74) is -2.04. The van der Waals surface area contributed by atoms with Gasteiger partial charge in [0.05, 0.1) is 37.0 Å². The van der Waals surface area contributed by atoms with E-state index < -0.39 is 74.7 Å². The molecule has 1 aliphatic heterocycles. The Hall–Kier alpha value is -4.77. The average molecular weight is 791 g/mol. The zero-order valence-electron chi connectivity index (χ0n) is 30.0. The molecule has 0 bridgehead atoms. The highest BCUT2D eigenvalue weighted by Gasteiger charge is 2.62. The maximum absolute atomic E-state index is 14.6. The fraction of sp³-hybridized carbons (Fsp3) is 0.472. The zero-order valence-corrected chi connectivity index (χ0v) is 31.5. The Bertz CT molecular complexity index is 2060. The van der Waals surface area contributed by atoms with Crippen molar-refractivity contribution >= 4 is 55.8 Å². The van der Waals surface area contributed by atoms with Gasteiger partial charge in [-0.2, -0.15) is 8.78 Å². The number of halogens is 3. The SMILES string of the molecule is C=C[C@@H]1C[C@]1(NC(=O)[C@@H]1C[C@@H](Oc2ncc(OC)c3ccc(Cl)cc23)CN1C(=O)[C@@H](Nc1ccc(OC(F)F)nc1)C(C)(C)C)C(=O)NS(=O)(=O)C1CC1. The van der Waals surface area contributed by atoms with Crippen molar-refractivity contribution in [3.05, 3.63) is 60.4 Å². The van der Waals surface area contributed by atoms with E-state index in [0.717, 1.165) is 0 Å². The first-order chi connectivity index (χ1) is 25.4. The van der Waals surface area contributed by atoms with Gasteiger partial charge < -0.3 is 29.7 Å². The number of alkyl halides is 2. The Labute approximate surface area is 316 Å². The summed E-state index contributed by atoms with van der Waals surface area (Å²) in [6, 6.07) is 5.60. The van der Waals surface area contributed by atoms with Crippen molar-refractivity contribution in [2.24, 2.45) is 11.3 Å². The Balaban J connectivity index is 1.31. The maximum Gasteiger partial charge on any atom is 0.388 e. The number of fused-ring (bicyclic) bond motifs is 1. The highest BCUT2D eigenvalue weighted by Crippen LogP contribution is 2.46. The monoisotopic (exact) mass is 790 g/mol. The molecular weight excluding hydrogens is 750 g/mol. The van der Waals surface area contributed by atoms with Crippen molar-refractivity contribution in [3.63, 3.8) is 0 Å². The molecule has 2 saturated carbocycles. The number of likely N-dealkylation sites (tertiary alicyclic amines) is 1. The van der Waals surface area contributed by atoms with E-state index >= 15 is 0 Å². The lowest BCUT2D eigenvalue weighted by Gasteiger charge is -2.36. The van der Waals surface area contributed by atoms with Crippen LogP contribution in [0.2, 0.25) is 5.02 Å². The molecule has 0 spiro atoms. The molecule has 14 nitrogen and oxygen atoms in total. The van der Waals surface area contributed by atoms with Gasteiger partial charge in [-0.25, -0.2) is 18.4 Å². The van der Waals surface area contributed by atoms with E-state index in [1.807, 2.05) is 0 Å². The van der Waals surface area contributed by atoms with Gasteiger partial charge in [-0.15, -0.1) is 6.58 Å². The summed E-state index contributed by atoms with van der Waals surface area (Å²) in [5.74, 6) is -2.29. The Morgan fingerprint density at radius 1 is 1.11 bits per heavy atom. The number of nitrogens with zero attached hydrogens (tertiary/aromatic N) is 3. The predicted octanol–water partition coefficient (Wildman–Crippen LogP) is 4.44. The summed E-state index contributed by atoms with van der Waals surface area (Å²) in [5, 5.41) is 6.85. The number of carbonyl (C=O) groups excluding carboxylic acids is 3. The molecule has 5 atom stereocenters. The lowest BCUT2D eigenvalue weighted by molar-refractivity contribution is -0.141. The van der Waals surface area contributed by atoms with Gasteiger partial charge in [0.1, 0.15) is 29.5 Å². The first kappa shape index (κ1) is 38.9. The van der Waals surface area contributed by atoms with E-state index in [1.54, 1.807) is 39.0 Å². The topological polar surface area (TPSA) is 178 Å². The standard InChI is InChI=1S/C36H41ClF2N6O8S/c1-6-19-15-36(19,33(48)44-54(49,50)23-9-10-23)43-30(46)26-14-22(52-31-25-13-20(37)7-11-24(25)27(51-5)17-41-31)18-45(26)32(47)29(35(2,3)4)42-21-8-12-28(40-16-21)53-34(38)39/h6-8,11-13,16-17,19,22-23,26,29,34,42H,1,9-10,14-15,18H2,2-5H3,(H,43,46)(H,44,48)/t19-,22-,26+,29-,36-/m1/s1. The number of nitrogens with one attached hydrogen (secondary N) is 3. The highest BCUT2D eigenvalue weighted by atomic mass is 35.5. The average Bonchev–Trinajstić information content (AvgIpc) is 4.04. The number of hydrogen-bond donors (Lipinski definition) is 3. The quantitative estimate of drug-likeness (QED) is 0.197. The molecule has 1 aromatic carbocycles. The number of sulfonamides is 1. The minimum absolute atomic E-state index is 0.0255. The smallest absolute Gasteiger partial charge is 0.388 e. The molecule has 1 saturated heterocycles. The van der Waals surface area contributed by atoms with Crippen LogP contribution in [-0.2, 0) is 24.4 Å². The number of ether oxygens (including phenoxy) is 3. The van der Waals surface area contributed by atoms with E-state index in [-0.39, 0.29) is 31.1 Å². The predicted molar refractivity (Wildman–Crippen MR) is 195 cm³/mol. The van der Waals surface area contributed by atoms with Crippen LogP contribution in [0.3, 0.4) is 0 Å². The number of aromatic nitrogens is 2. The molecule has 290 valence electrons. The summed E-state index contributed by atoms with van der Waals surface area (Å²) >= 11 is 6.33. The molecule has 2 aliphatic carbocycles. The van der Waals surface area contributed by atoms with Crippen molar-refractivity contribution in [3.8, 4) is 17.5 Å². The summed E-state index contributed by atoms with van der Waals surface area (Å²) in [7, 11) is -2.43. The van der Waals surface area contributed by atoms with Gasteiger partial charge in [0.2, 0.25) is 33.6 Å². The van der Waals surface area contributed by atoms with Crippen molar-refractivity contribution in [1.29, 1.82) is 0 Å². The Morgan fingerprint density at radius 2 is 1.85 bits per heavy atom. The first-order valence-corrected chi connectivity index (χ1v) is 19.2. The molecule has 3 aliphatic rings. The third kappa shape index (κ3) is 8.16. The molecular formula is C36H41ClF2N6O8S. The molecule has 3 amide bonds. The number of amides is 3. The minimum Gasteiger partial charge on any atom is -0.494 e. The van der Waals surface area contributed by atoms with Gasteiger partial charge in [0, 0.05) is 34.2 Å². The summed E-state index contributed by atoms with van der Waals surface area (Å²) in [4.78, 5) is 52.1. The third-order valence-electron chi connectivity index (χ3n) is 9.74. The van der Waals surface area contributed by atoms with Gasteiger partial charge in [-0.1, -0.05) is 38.4 Å². The van der Waals surface area contributed by atoms with Crippen LogP contribution >= 0.6 is 11.6 Å². The number of benzene rings is 1. The summed E-state index contributed by atoms with van der Waals surface area (Å²) in [6.07, 6.45) is 4.38. The molecule has 54 heavy (non-hydrogen) atoms. The largest absolute Gasteiger partial charge is 0.494 e. The molecule has 3 aromatic rings. The van der Waals surface area contributed by atoms with Crippen LogP contribution in [-0.4, -0.2) is 90.2 Å². The normalized spacial score (nSPS) is 23.0. The van der Waals surface area contributed by atoms with Crippen LogP contribution in [0.15, 0.2) is 55.4 Å². The molecule has 3 heterocycles. The van der Waals surface area contributed by atoms with E-state index in [0.29, 0.717) is 40.1 Å². The molecule has 2 aromatic heterocycles. The lowest BCUT2D eigenvalue weighted by atomic mass is 9.85. The van der Waals surface area contributed by atoms with Crippen LogP contribution < -0.4 is 29.6 Å². The molecule has 6 rings (SSSR count). The highest BCUT2D eigenvalue weighted by molar-refractivity contribution is 7.91. The van der Waals surface area contributed by atoms with Crippen molar-refractivity contribution in [2.45, 2.75) is 82.0 Å². The Kier molecular flexibility index (Phi) is 10.7. The van der Waals surface area contributed by atoms with Crippen LogP contribution in [0.5, 0.6) is 17.5 Å². The van der Waals surface area contributed by atoms with Crippen LogP contribution in [0, 0.1) is 11.3 Å². The zero-order chi connectivity index (χ0) is 39.2. The number of methoxy groups -OCH3 is 1. The van der Waals surface area contributed by atoms with Gasteiger partial charge in [-0.05, 0) is 48.9 Å². The fourth-order valence-corrected chi connectivity index (χ4v) is 8.12. The second-order valence-electron chi connectivity index (χ2n) is 14.7. The van der Waals surface area contributed by atoms with Gasteiger partial charge >= 0.3 is 6.61 Å². The molecule has 3 fully saturated rings. The van der Waals surface area contributed by atoms with E-state index in [1.165, 1.54) is 42.6 Å². The lowest BCUT2D eigenvalue weighted by Crippen LogP contribution is -2.58. The minimum atomic E-state index is -3.93. The van der Waals surface area contributed by atoms with E-state index in [9.17, 15) is 31.6 Å². The van der Waals surface area contributed by atoms with E-state index in [4.69, 9.17) is 21.1 Å². The second-order valence-corrected chi connectivity index (χ2v) is 17.1. The summed E-state index contributed by atoms with van der Waals surface area (Å²) < 4.78 is 69.2. The number of pyridine rings is 2. The van der Waals surface area contributed by atoms with Gasteiger partial charge in [-0.3, -0.25) is 19.1 Å². The molecule has 18 heteroatoms. The van der Waals surface area contributed by atoms with Crippen molar-refractivity contribution in [1.82, 2.24) is 24.9 Å². The van der Waals surface area contributed by atoms with Crippen LogP contribution in [0.4, 0.5) is 14.5 Å². The first-order valence-electron chi connectivity index (χ1n) is 17.2. The van der Waals surface area contributed by atoms with E-state index in [2.05, 4.69) is 36.6 Å². The molecule has 3 N–H and O–H groups in total. The molecule has 0 radical (unpaired) electrons. The maximum atomic E-state index is 14.6. The van der Waals surface area contributed by atoms with Crippen LogP contribution in [0.25, 0.3) is 10.8 Å². The fourth-order valence-electron chi connectivity index (χ4n) is 6.58. The van der Waals surface area contributed by atoms with Gasteiger partial charge in [0.15, 0.2) is 0 Å². The number of anilines is 1. The number of carbonyl (C=O) groups is 3. The third-order valence-corrected chi connectivity index (χ3v) is 11.8. The van der Waals surface area contributed by atoms with Gasteiger partial charge in [0.25, 0.3) is 5.91 Å².